The number of benzene rings is 2. The van der Waals surface area contributed by atoms with E-state index in [9.17, 15) is 10.1 Å². The van der Waals surface area contributed by atoms with Crippen LogP contribution in [0, 0.1) is 11.3 Å². The van der Waals surface area contributed by atoms with Crippen LogP contribution in [0.4, 0.5) is 5.82 Å². The van der Waals surface area contributed by atoms with Gasteiger partial charge in [0.05, 0.1) is 18.4 Å². The lowest BCUT2D eigenvalue weighted by atomic mass is 10.2. The second-order valence-corrected chi connectivity index (χ2v) is 6.93. The lowest BCUT2D eigenvalue weighted by Gasteiger charge is -2.17. The summed E-state index contributed by atoms with van der Waals surface area (Å²) in [6.45, 7) is 0.810. The van der Waals surface area contributed by atoms with Gasteiger partial charge in [0.1, 0.15) is 11.6 Å². The van der Waals surface area contributed by atoms with E-state index in [4.69, 9.17) is 0 Å². The van der Waals surface area contributed by atoms with Crippen LogP contribution in [0.15, 0.2) is 65.3 Å². The van der Waals surface area contributed by atoms with E-state index in [0.717, 1.165) is 15.7 Å². The van der Waals surface area contributed by atoms with Crippen molar-refractivity contribution in [2.75, 3.05) is 18.9 Å². The molecule has 0 unspecified atom stereocenters. The summed E-state index contributed by atoms with van der Waals surface area (Å²) in [7, 11) is 1.87. The first kappa shape index (κ1) is 18.8. The van der Waals surface area contributed by atoms with E-state index in [1.54, 1.807) is 4.68 Å². The molecule has 0 fully saturated rings. The van der Waals surface area contributed by atoms with Crippen LogP contribution in [0.25, 0.3) is 5.69 Å². The van der Waals surface area contributed by atoms with Crippen molar-refractivity contribution in [1.82, 2.24) is 14.7 Å². The van der Waals surface area contributed by atoms with Gasteiger partial charge in [-0.1, -0.05) is 52.3 Å². The number of para-hydroxylation sites is 1. The van der Waals surface area contributed by atoms with E-state index in [0.29, 0.717) is 17.9 Å². The maximum atomic E-state index is 12.5. The van der Waals surface area contributed by atoms with Gasteiger partial charge in [-0.2, -0.15) is 10.4 Å². The highest BCUT2D eigenvalue weighted by atomic mass is 79.9. The van der Waals surface area contributed by atoms with E-state index >= 15 is 0 Å². The average molecular weight is 424 g/mol. The molecule has 0 saturated heterocycles. The van der Waals surface area contributed by atoms with Crippen LogP contribution in [0.2, 0.25) is 0 Å². The summed E-state index contributed by atoms with van der Waals surface area (Å²) in [4.78, 5) is 14.4. The number of carbonyl (C=O) groups is 1. The standard InChI is InChI=1S/C20H18BrN5O/c1-25(13-15-7-5-6-10-18(15)21)14-19(27)24-20-16(11-22)12-23-26(20)17-8-3-2-4-9-17/h2-10,12H,13-14H2,1H3,(H,24,27). The smallest absolute Gasteiger partial charge is 0.239 e. The molecule has 0 spiro atoms. The topological polar surface area (TPSA) is 74.0 Å². The Labute approximate surface area is 166 Å². The van der Waals surface area contributed by atoms with Crippen molar-refractivity contribution in [3.8, 4) is 11.8 Å². The summed E-state index contributed by atoms with van der Waals surface area (Å²) >= 11 is 3.52. The molecule has 2 aromatic carbocycles. The van der Waals surface area contributed by atoms with Gasteiger partial charge >= 0.3 is 0 Å². The van der Waals surface area contributed by atoms with Crippen molar-refractivity contribution in [2.45, 2.75) is 6.54 Å². The van der Waals surface area contributed by atoms with Gasteiger partial charge in [0.25, 0.3) is 0 Å². The Morgan fingerprint density at radius 1 is 1.22 bits per heavy atom. The van der Waals surface area contributed by atoms with Crippen molar-refractivity contribution in [1.29, 1.82) is 5.26 Å². The molecule has 0 saturated carbocycles. The molecule has 1 amide bonds. The van der Waals surface area contributed by atoms with Crippen molar-refractivity contribution in [3.63, 3.8) is 0 Å². The number of aromatic nitrogens is 2. The summed E-state index contributed by atoms with van der Waals surface area (Å²) < 4.78 is 2.57. The first-order valence-corrected chi connectivity index (χ1v) is 9.13. The van der Waals surface area contributed by atoms with Crippen LogP contribution in [0.5, 0.6) is 0 Å². The lowest BCUT2D eigenvalue weighted by molar-refractivity contribution is -0.117. The van der Waals surface area contributed by atoms with Crippen LogP contribution in [0.3, 0.4) is 0 Å². The van der Waals surface area contributed by atoms with Crippen molar-refractivity contribution >= 4 is 27.7 Å². The molecular formula is C20H18BrN5O. The molecule has 3 rings (SSSR count). The molecule has 0 aliphatic rings. The number of nitriles is 1. The number of carbonyl (C=O) groups excluding carboxylic acids is 1. The summed E-state index contributed by atoms with van der Waals surface area (Å²) in [6.07, 6.45) is 1.45. The van der Waals surface area contributed by atoms with Gasteiger partial charge in [-0.15, -0.1) is 0 Å². The highest BCUT2D eigenvalue weighted by Crippen LogP contribution is 2.20. The van der Waals surface area contributed by atoms with E-state index in [-0.39, 0.29) is 12.5 Å². The Kier molecular flexibility index (Phi) is 6.01. The highest BCUT2D eigenvalue weighted by molar-refractivity contribution is 9.10. The Morgan fingerprint density at radius 3 is 2.63 bits per heavy atom. The minimum atomic E-state index is -0.210. The molecule has 6 nitrogen and oxygen atoms in total. The molecule has 7 heteroatoms. The fraction of sp³-hybridized carbons (Fsp3) is 0.150. The Bertz CT molecular complexity index is 978. The third-order valence-corrected chi connectivity index (χ3v) is 4.73. The second kappa shape index (κ2) is 8.62. The molecule has 0 bridgehead atoms. The van der Waals surface area contributed by atoms with E-state index in [2.05, 4.69) is 32.4 Å². The van der Waals surface area contributed by atoms with Gasteiger partial charge in [-0.3, -0.25) is 9.69 Å². The Hall–Kier alpha value is -2.95. The molecule has 1 N–H and O–H groups in total. The second-order valence-electron chi connectivity index (χ2n) is 6.08. The largest absolute Gasteiger partial charge is 0.308 e. The monoisotopic (exact) mass is 423 g/mol. The van der Waals surface area contributed by atoms with E-state index in [1.165, 1.54) is 6.20 Å². The van der Waals surface area contributed by atoms with Crippen LogP contribution in [-0.4, -0.2) is 34.2 Å². The molecule has 136 valence electrons. The number of likely N-dealkylation sites (N-methyl/N-ethyl adjacent to an activating group) is 1. The van der Waals surface area contributed by atoms with Crippen LogP contribution in [0.1, 0.15) is 11.1 Å². The minimum Gasteiger partial charge on any atom is -0.308 e. The normalized spacial score (nSPS) is 10.6. The van der Waals surface area contributed by atoms with Crippen molar-refractivity contribution < 1.29 is 4.79 Å². The van der Waals surface area contributed by atoms with Crippen molar-refractivity contribution in [2.24, 2.45) is 0 Å². The third kappa shape index (κ3) is 4.61. The quantitative estimate of drug-likeness (QED) is 0.657. The SMILES string of the molecule is CN(CC(=O)Nc1c(C#N)cnn1-c1ccccc1)Cc1ccccc1Br. The fourth-order valence-corrected chi connectivity index (χ4v) is 3.12. The Morgan fingerprint density at radius 2 is 1.93 bits per heavy atom. The number of hydrogen-bond donors (Lipinski definition) is 1. The summed E-state index contributed by atoms with van der Waals surface area (Å²) in [6, 6.07) is 19.3. The highest BCUT2D eigenvalue weighted by Gasteiger charge is 2.16. The summed E-state index contributed by atoms with van der Waals surface area (Å²) in [5, 5.41) is 16.4. The van der Waals surface area contributed by atoms with Crippen LogP contribution < -0.4 is 5.32 Å². The molecule has 0 radical (unpaired) electrons. The average Bonchev–Trinajstić information content (AvgIpc) is 3.06. The van der Waals surface area contributed by atoms with Gasteiger partial charge < -0.3 is 5.32 Å². The van der Waals surface area contributed by atoms with Gasteiger partial charge in [0.2, 0.25) is 5.91 Å². The first-order valence-electron chi connectivity index (χ1n) is 8.34. The number of amides is 1. The Balaban J connectivity index is 1.72. The van der Waals surface area contributed by atoms with Gasteiger partial charge in [-0.05, 0) is 30.8 Å². The number of hydrogen-bond acceptors (Lipinski definition) is 4. The minimum absolute atomic E-state index is 0.187. The molecule has 27 heavy (non-hydrogen) atoms. The van der Waals surface area contributed by atoms with Gasteiger partial charge in [0, 0.05) is 11.0 Å². The number of nitrogens with one attached hydrogen (secondary N) is 1. The first-order chi connectivity index (χ1) is 13.1. The predicted molar refractivity (Wildman–Crippen MR) is 107 cm³/mol. The fourth-order valence-electron chi connectivity index (χ4n) is 2.71. The zero-order valence-corrected chi connectivity index (χ0v) is 16.3. The summed E-state index contributed by atoms with van der Waals surface area (Å²) in [5.74, 6) is 0.168. The number of anilines is 1. The maximum absolute atomic E-state index is 12.5. The van der Waals surface area contributed by atoms with Gasteiger partial charge in [0.15, 0.2) is 5.82 Å². The molecule has 1 heterocycles. The predicted octanol–water partition coefficient (Wildman–Crippen LogP) is 3.58. The molecular weight excluding hydrogens is 406 g/mol. The molecule has 0 aliphatic heterocycles. The molecule has 0 aliphatic carbocycles. The zero-order chi connectivity index (χ0) is 19.2. The lowest BCUT2D eigenvalue weighted by Crippen LogP contribution is -2.30. The number of nitrogens with zero attached hydrogens (tertiary/aromatic N) is 4. The maximum Gasteiger partial charge on any atom is 0.239 e. The summed E-state index contributed by atoms with van der Waals surface area (Å²) in [5.41, 5.74) is 2.19. The van der Waals surface area contributed by atoms with Gasteiger partial charge in [-0.25, -0.2) is 4.68 Å². The van der Waals surface area contributed by atoms with Crippen LogP contribution in [-0.2, 0) is 11.3 Å². The molecule has 1 aromatic heterocycles. The zero-order valence-electron chi connectivity index (χ0n) is 14.8. The molecule has 0 atom stereocenters. The van der Waals surface area contributed by atoms with Crippen LogP contribution >= 0.6 is 15.9 Å². The van der Waals surface area contributed by atoms with E-state index < -0.39 is 0 Å². The number of halogens is 1. The number of rotatable bonds is 6. The third-order valence-electron chi connectivity index (χ3n) is 3.96. The van der Waals surface area contributed by atoms with E-state index in [1.807, 2.05) is 66.5 Å². The van der Waals surface area contributed by atoms with Crippen molar-refractivity contribution in [3.05, 3.63) is 76.4 Å². The molecule has 3 aromatic rings.